The predicted molar refractivity (Wildman–Crippen MR) is 111 cm³/mol. The fourth-order valence-electron chi connectivity index (χ4n) is 2.10. The molecule has 0 saturated carbocycles. The highest BCUT2D eigenvalue weighted by molar-refractivity contribution is 8.19. The SMILES string of the molecule is CC(C)CCNC(=S)NNC(=O)COc1ccc(C2SCCS2)cc1. The molecule has 5 nitrogen and oxygen atoms in total. The predicted octanol–water partition coefficient (Wildman–Crippen LogP) is 3.09. The van der Waals surface area contributed by atoms with E-state index >= 15 is 0 Å². The van der Waals surface area contributed by atoms with E-state index in [4.69, 9.17) is 17.0 Å². The maximum Gasteiger partial charge on any atom is 0.276 e. The quantitative estimate of drug-likeness (QED) is 0.481. The molecule has 0 atom stereocenters. The Morgan fingerprint density at radius 1 is 1.24 bits per heavy atom. The minimum absolute atomic E-state index is 0.0616. The van der Waals surface area contributed by atoms with Crippen LogP contribution < -0.4 is 20.9 Å². The summed E-state index contributed by atoms with van der Waals surface area (Å²) in [5, 5.41) is 3.44. The van der Waals surface area contributed by atoms with E-state index < -0.39 is 0 Å². The van der Waals surface area contributed by atoms with Crippen molar-refractivity contribution in [3.8, 4) is 5.75 Å². The summed E-state index contributed by atoms with van der Waals surface area (Å²) < 4.78 is 6.02. The highest BCUT2D eigenvalue weighted by Gasteiger charge is 2.17. The maximum atomic E-state index is 11.8. The molecular formula is C17H25N3O2S3. The molecule has 2 rings (SSSR count). The van der Waals surface area contributed by atoms with E-state index in [9.17, 15) is 4.79 Å². The Bertz CT molecular complexity index is 561. The first-order chi connectivity index (χ1) is 12.0. The van der Waals surface area contributed by atoms with Gasteiger partial charge in [-0.2, -0.15) is 0 Å². The molecule has 0 aromatic heterocycles. The average molecular weight is 400 g/mol. The number of thiocarbonyl (C=S) groups is 1. The van der Waals surface area contributed by atoms with E-state index in [-0.39, 0.29) is 12.5 Å². The Balaban J connectivity index is 1.63. The third kappa shape index (κ3) is 7.75. The summed E-state index contributed by atoms with van der Waals surface area (Å²) in [6.07, 6.45) is 1.02. The molecule has 8 heteroatoms. The second kappa shape index (κ2) is 10.8. The molecule has 3 N–H and O–H groups in total. The number of nitrogens with one attached hydrogen (secondary N) is 3. The van der Waals surface area contributed by atoms with Crippen LogP contribution in [0.3, 0.4) is 0 Å². The van der Waals surface area contributed by atoms with Gasteiger partial charge in [-0.3, -0.25) is 15.6 Å². The maximum absolute atomic E-state index is 11.8. The third-order valence-electron chi connectivity index (χ3n) is 3.47. The molecule has 1 saturated heterocycles. The summed E-state index contributed by atoms with van der Waals surface area (Å²) in [7, 11) is 0. The zero-order valence-corrected chi connectivity index (χ0v) is 17.0. The van der Waals surface area contributed by atoms with Crippen molar-refractivity contribution in [2.75, 3.05) is 24.7 Å². The largest absolute Gasteiger partial charge is 0.484 e. The van der Waals surface area contributed by atoms with Crippen LogP contribution in [0, 0.1) is 5.92 Å². The summed E-state index contributed by atoms with van der Waals surface area (Å²) in [5.41, 5.74) is 6.49. The second-order valence-electron chi connectivity index (χ2n) is 6.04. The van der Waals surface area contributed by atoms with Crippen molar-refractivity contribution in [1.82, 2.24) is 16.2 Å². The lowest BCUT2D eigenvalue weighted by molar-refractivity contribution is -0.123. The van der Waals surface area contributed by atoms with Gasteiger partial charge in [0.25, 0.3) is 5.91 Å². The molecule has 1 heterocycles. The number of ether oxygens (including phenoxy) is 1. The summed E-state index contributed by atoms with van der Waals surface area (Å²) in [5.74, 6) is 3.42. The number of hydrogen-bond acceptors (Lipinski definition) is 5. The van der Waals surface area contributed by atoms with Crippen LogP contribution in [0.4, 0.5) is 0 Å². The van der Waals surface area contributed by atoms with Gasteiger partial charge in [-0.1, -0.05) is 26.0 Å². The summed E-state index contributed by atoms with van der Waals surface area (Å²) >= 11 is 9.02. The fourth-order valence-corrected chi connectivity index (χ4v) is 5.11. The highest BCUT2D eigenvalue weighted by atomic mass is 32.2. The molecule has 0 aliphatic carbocycles. The minimum atomic E-state index is -0.279. The van der Waals surface area contributed by atoms with Gasteiger partial charge in [0.15, 0.2) is 11.7 Å². The zero-order chi connectivity index (χ0) is 18.1. The van der Waals surface area contributed by atoms with Crippen molar-refractivity contribution >= 4 is 46.8 Å². The van der Waals surface area contributed by atoms with Gasteiger partial charge < -0.3 is 10.1 Å². The Kier molecular flexibility index (Phi) is 8.71. The minimum Gasteiger partial charge on any atom is -0.484 e. The molecule has 25 heavy (non-hydrogen) atoms. The number of hydrazine groups is 1. The van der Waals surface area contributed by atoms with Gasteiger partial charge >= 0.3 is 0 Å². The molecular weight excluding hydrogens is 374 g/mol. The Labute approximate surface area is 163 Å². The molecule has 0 spiro atoms. The highest BCUT2D eigenvalue weighted by Crippen LogP contribution is 2.45. The molecule has 0 radical (unpaired) electrons. The lowest BCUT2D eigenvalue weighted by Crippen LogP contribution is -2.48. The molecule has 0 bridgehead atoms. The van der Waals surface area contributed by atoms with Gasteiger partial charge in [0.1, 0.15) is 5.75 Å². The zero-order valence-electron chi connectivity index (χ0n) is 14.5. The number of carbonyl (C=O) groups is 1. The first kappa shape index (κ1) is 20.2. The van der Waals surface area contributed by atoms with Crippen LogP contribution in [0.1, 0.15) is 30.4 Å². The van der Waals surface area contributed by atoms with Gasteiger partial charge in [0.2, 0.25) is 0 Å². The molecule has 1 aromatic rings. The molecule has 138 valence electrons. The summed E-state index contributed by atoms with van der Waals surface area (Å²) in [4.78, 5) is 11.8. The lowest BCUT2D eigenvalue weighted by Gasteiger charge is -2.13. The van der Waals surface area contributed by atoms with Gasteiger partial charge in [0.05, 0.1) is 4.58 Å². The first-order valence-corrected chi connectivity index (χ1v) is 10.8. The van der Waals surface area contributed by atoms with Crippen LogP contribution in [-0.4, -0.2) is 35.7 Å². The molecule has 0 unspecified atom stereocenters. The van der Waals surface area contributed by atoms with E-state index in [1.165, 1.54) is 17.1 Å². The van der Waals surface area contributed by atoms with Crippen LogP contribution in [0.2, 0.25) is 0 Å². The van der Waals surface area contributed by atoms with Crippen LogP contribution in [0.25, 0.3) is 0 Å². The molecule has 1 aromatic carbocycles. The van der Waals surface area contributed by atoms with Gasteiger partial charge in [-0.25, -0.2) is 0 Å². The van der Waals surface area contributed by atoms with Crippen LogP contribution in [-0.2, 0) is 4.79 Å². The molecule has 1 aliphatic heterocycles. The molecule has 1 fully saturated rings. The van der Waals surface area contributed by atoms with Crippen molar-refractivity contribution in [1.29, 1.82) is 0 Å². The topological polar surface area (TPSA) is 62.4 Å². The number of rotatable bonds is 7. The van der Waals surface area contributed by atoms with Crippen molar-refractivity contribution in [3.63, 3.8) is 0 Å². The van der Waals surface area contributed by atoms with Gasteiger partial charge in [0, 0.05) is 18.1 Å². The molecule has 1 amide bonds. The van der Waals surface area contributed by atoms with E-state index in [1.54, 1.807) is 0 Å². The van der Waals surface area contributed by atoms with Crippen molar-refractivity contribution in [2.45, 2.75) is 24.9 Å². The standard InChI is InChI=1S/C17H25N3O2S3/c1-12(2)7-8-18-17(23)20-19-15(21)11-22-14-5-3-13(4-6-14)16-24-9-10-25-16/h3-6,12,16H,7-11H2,1-2H3,(H,19,21)(H2,18,20,23). The number of amides is 1. The van der Waals surface area contributed by atoms with Crippen LogP contribution in [0.15, 0.2) is 24.3 Å². The van der Waals surface area contributed by atoms with Crippen LogP contribution in [0.5, 0.6) is 5.75 Å². The number of benzene rings is 1. The molecule has 1 aliphatic rings. The first-order valence-electron chi connectivity index (χ1n) is 8.33. The normalized spacial score (nSPS) is 14.4. The average Bonchev–Trinajstić information content (AvgIpc) is 3.13. The number of hydrogen-bond donors (Lipinski definition) is 3. The van der Waals surface area contributed by atoms with Crippen molar-refractivity contribution in [2.24, 2.45) is 5.92 Å². The number of carbonyl (C=O) groups excluding carboxylic acids is 1. The van der Waals surface area contributed by atoms with Gasteiger partial charge in [-0.15, -0.1) is 23.5 Å². The lowest BCUT2D eigenvalue weighted by atomic mass is 10.1. The Morgan fingerprint density at radius 2 is 1.92 bits per heavy atom. The van der Waals surface area contributed by atoms with E-state index in [1.807, 2.05) is 35.7 Å². The second-order valence-corrected chi connectivity index (χ2v) is 9.18. The Morgan fingerprint density at radius 3 is 2.56 bits per heavy atom. The smallest absolute Gasteiger partial charge is 0.276 e. The van der Waals surface area contributed by atoms with Gasteiger partial charge in [-0.05, 0) is 42.3 Å². The van der Waals surface area contributed by atoms with Crippen molar-refractivity contribution < 1.29 is 9.53 Å². The summed E-state index contributed by atoms with van der Waals surface area (Å²) in [6, 6.07) is 7.95. The Hall–Kier alpha value is -1.12. The van der Waals surface area contributed by atoms with Crippen LogP contribution >= 0.6 is 35.7 Å². The van der Waals surface area contributed by atoms with E-state index in [0.29, 0.717) is 21.4 Å². The van der Waals surface area contributed by atoms with E-state index in [2.05, 4.69) is 42.1 Å². The third-order valence-corrected chi connectivity index (χ3v) is 6.82. The van der Waals surface area contributed by atoms with E-state index in [0.717, 1.165) is 13.0 Å². The number of thioether (sulfide) groups is 2. The summed E-state index contributed by atoms with van der Waals surface area (Å²) in [6.45, 7) is 5.01. The fraction of sp³-hybridized carbons (Fsp3) is 0.529. The monoisotopic (exact) mass is 399 g/mol. The van der Waals surface area contributed by atoms with Crippen molar-refractivity contribution in [3.05, 3.63) is 29.8 Å².